The van der Waals surface area contributed by atoms with Crippen molar-refractivity contribution in [2.24, 2.45) is 5.92 Å². The Kier molecular flexibility index (Phi) is 7.26. The van der Waals surface area contributed by atoms with Gasteiger partial charge in [-0.2, -0.15) is 4.98 Å². The molecule has 0 saturated carbocycles. The third kappa shape index (κ3) is 5.27. The molecule has 180 valence electrons. The molecule has 2 aromatic heterocycles. The van der Waals surface area contributed by atoms with Crippen LogP contribution in [0.4, 0.5) is 10.8 Å². The van der Waals surface area contributed by atoms with Crippen molar-refractivity contribution in [2.45, 2.75) is 52.6 Å². The van der Waals surface area contributed by atoms with Gasteiger partial charge in [0.2, 0.25) is 11.8 Å². The SMILES string of the molecule is CCc1ccccc1NC(=O)Cn1cnc2nc(N3CCCC(C(=O)NC(C)C)C3)sc2c1=O. The van der Waals surface area contributed by atoms with Crippen LogP contribution in [-0.4, -0.2) is 45.5 Å². The van der Waals surface area contributed by atoms with E-state index in [1.54, 1.807) is 0 Å². The molecule has 3 heterocycles. The fourth-order valence-corrected chi connectivity index (χ4v) is 5.15. The van der Waals surface area contributed by atoms with E-state index in [0.717, 1.165) is 37.1 Å². The maximum Gasteiger partial charge on any atom is 0.273 e. The predicted molar refractivity (Wildman–Crippen MR) is 134 cm³/mol. The zero-order valence-electron chi connectivity index (χ0n) is 19.7. The van der Waals surface area contributed by atoms with Crippen molar-refractivity contribution in [3.05, 3.63) is 46.5 Å². The van der Waals surface area contributed by atoms with Crippen molar-refractivity contribution in [2.75, 3.05) is 23.3 Å². The monoisotopic (exact) mass is 482 g/mol. The first kappa shape index (κ1) is 23.9. The normalized spacial score (nSPS) is 16.1. The molecule has 4 rings (SSSR count). The largest absolute Gasteiger partial charge is 0.354 e. The van der Waals surface area contributed by atoms with E-state index in [1.165, 1.54) is 22.2 Å². The zero-order valence-corrected chi connectivity index (χ0v) is 20.5. The Morgan fingerprint density at radius 3 is 2.82 bits per heavy atom. The number of nitrogens with one attached hydrogen (secondary N) is 2. The summed E-state index contributed by atoms with van der Waals surface area (Å²) in [5.74, 6) is -0.344. The average Bonchev–Trinajstić information content (AvgIpc) is 3.26. The van der Waals surface area contributed by atoms with Crippen LogP contribution < -0.4 is 21.1 Å². The molecule has 0 bridgehead atoms. The van der Waals surface area contributed by atoms with Crippen LogP contribution in [0.3, 0.4) is 0 Å². The molecule has 1 aromatic carbocycles. The van der Waals surface area contributed by atoms with Crippen molar-refractivity contribution in [3.63, 3.8) is 0 Å². The molecule has 2 amide bonds. The molecule has 3 aromatic rings. The van der Waals surface area contributed by atoms with Gasteiger partial charge in [0.15, 0.2) is 10.8 Å². The van der Waals surface area contributed by atoms with Crippen LogP contribution in [0.2, 0.25) is 0 Å². The van der Waals surface area contributed by atoms with Gasteiger partial charge in [0, 0.05) is 24.8 Å². The second-order valence-corrected chi connectivity index (χ2v) is 9.81. The van der Waals surface area contributed by atoms with E-state index in [0.29, 0.717) is 22.0 Å². The molecule has 1 fully saturated rings. The Morgan fingerprint density at radius 1 is 1.26 bits per heavy atom. The molecule has 34 heavy (non-hydrogen) atoms. The highest BCUT2D eigenvalue weighted by molar-refractivity contribution is 7.22. The van der Waals surface area contributed by atoms with Gasteiger partial charge in [-0.3, -0.25) is 19.0 Å². The van der Waals surface area contributed by atoms with Gasteiger partial charge in [-0.05, 0) is 44.7 Å². The van der Waals surface area contributed by atoms with Crippen molar-refractivity contribution in [3.8, 4) is 0 Å². The van der Waals surface area contributed by atoms with Gasteiger partial charge in [0.05, 0.1) is 5.92 Å². The van der Waals surface area contributed by atoms with Crippen LogP contribution in [0.25, 0.3) is 10.3 Å². The molecule has 1 aliphatic heterocycles. The Hall–Kier alpha value is -3.27. The van der Waals surface area contributed by atoms with Crippen LogP contribution in [-0.2, 0) is 22.6 Å². The van der Waals surface area contributed by atoms with Gasteiger partial charge < -0.3 is 15.5 Å². The zero-order chi connectivity index (χ0) is 24.2. The van der Waals surface area contributed by atoms with Crippen molar-refractivity contribution in [1.29, 1.82) is 0 Å². The van der Waals surface area contributed by atoms with Crippen molar-refractivity contribution >= 4 is 44.3 Å². The first-order chi connectivity index (χ1) is 16.4. The highest BCUT2D eigenvalue weighted by atomic mass is 32.1. The molecule has 1 aliphatic rings. The van der Waals surface area contributed by atoms with Crippen LogP contribution >= 0.6 is 11.3 Å². The molecular formula is C24H30N6O3S. The number of hydrogen-bond donors (Lipinski definition) is 2. The van der Waals surface area contributed by atoms with Gasteiger partial charge >= 0.3 is 0 Å². The maximum atomic E-state index is 13.1. The van der Waals surface area contributed by atoms with E-state index in [-0.39, 0.29) is 35.9 Å². The highest BCUT2D eigenvalue weighted by Crippen LogP contribution is 2.29. The lowest BCUT2D eigenvalue weighted by Gasteiger charge is -2.32. The van der Waals surface area contributed by atoms with Crippen LogP contribution in [0.5, 0.6) is 0 Å². The number of thiazole rings is 1. The molecule has 1 unspecified atom stereocenters. The minimum atomic E-state index is -0.293. The van der Waals surface area contributed by atoms with E-state index in [2.05, 4.69) is 25.5 Å². The van der Waals surface area contributed by atoms with E-state index in [1.807, 2.05) is 45.0 Å². The summed E-state index contributed by atoms with van der Waals surface area (Å²) in [5.41, 5.74) is 1.86. The van der Waals surface area contributed by atoms with Gasteiger partial charge in [-0.1, -0.05) is 36.5 Å². The first-order valence-electron chi connectivity index (χ1n) is 11.6. The molecule has 1 saturated heterocycles. The van der Waals surface area contributed by atoms with Crippen LogP contribution in [0.15, 0.2) is 35.4 Å². The number of para-hydroxylation sites is 1. The molecule has 10 heteroatoms. The third-order valence-corrected chi connectivity index (χ3v) is 6.95. The quantitative estimate of drug-likeness (QED) is 0.536. The van der Waals surface area contributed by atoms with Gasteiger partial charge in [0.25, 0.3) is 5.56 Å². The summed E-state index contributed by atoms with van der Waals surface area (Å²) in [5, 5.41) is 6.55. The van der Waals surface area contributed by atoms with Gasteiger partial charge in [0.1, 0.15) is 17.6 Å². The minimum Gasteiger partial charge on any atom is -0.354 e. The topological polar surface area (TPSA) is 109 Å². The summed E-state index contributed by atoms with van der Waals surface area (Å²) in [6.45, 7) is 7.13. The Labute approximate surface area is 202 Å². The number of aryl methyl sites for hydroxylation is 1. The van der Waals surface area contributed by atoms with E-state index < -0.39 is 0 Å². The fraction of sp³-hybridized carbons (Fsp3) is 0.458. The molecular weight excluding hydrogens is 452 g/mol. The number of benzene rings is 1. The van der Waals surface area contributed by atoms with Crippen molar-refractivity contribution < 1.29 is 9.59 Å². The van der Waals surface area contributed by atoms with Gasteiger partial charge in [-0.15, -0.1) is 0 Å². The predicted octanol–water partition coefficient (Wildman–Crippen LogP) is 2.80. The number of aromatic nitrogens is 3. The fourth-order valence-electron chi connectivity index (χ4n) is 4.15. The summed E-state index contributed by atoms with van der Waals surface area (Å²) in [7, 11) is 0. The Balaban J connectivity index is 1.50. The van der Waals surface area contributed by atoms with Crippen LogP contribution in [0.1, 0.15) is 39.2 Å². The standard InChI is InChI=1S/C24H30N6O3S/c1-4-16-8-5-6-10-18(16)27-19(31)13-30-14-25-21-20(23(30)33)34-24(28-21)29-11-7-9-17(12-29)22(32)26-15(2)3/h5-6,8,10,14-15,17H,4,7,9,11-13H2,1-3H3,(H,26,32)(H,27,31). The summed E-state index contributed by atoms with van der Waals surface area (Å²) in [4.78, 5) is 49.1. The van der Waals surface area contributed by atoms with E-state index in [4.69, 9.17) is 0 Å². The number of amides is 2. The number of carbonyl (C=O) groups is 2. The number of hydrogen-bond acceptors (Lipinski definition) is 7. The molecule has 2 N–H and O–H groups in total. The molecule has 1 atom stereocenters. The smallest absolute Gasteiger partial charge is 0.273 e. The molecule has 0 spiro atoms. The lowest BCUT2D eigenvalue weighted by molar-refractivity contribution is -0.125. The van der Waals surface area contributed by atoms with Crippen molar-refractivity contribution in [1.82, 2.24) is 19.9 Å². The number of piperidine rings is 1. The number of carbonyl (C=O) groups excluding carboxylic acids is 2. The van der Waals surface area contributed by atoms with E-state index >= 15 is 0 Å². The summed E-state index contributed by atoms with van der Waals surface area (Å²) < 4.78 is 1.72. The number of fused-ring (bicyclic) bond motifs is 1. The summed E-state index contributed by atoms with van der Waals surface area (Å²) in [6, 6.07) is 7.71. The average molecular weight is 483 g/mol. The van der Waals surface area contributed by atoms with Crippen LogP contribution in [0, 0.1) is 5.92 Å². The maximum absolute atomic E-state index is 13.1. The molecule has 0 aliphatic carbocycles. The Bertz CT molecular complexity index is 1250. The molecule has 9 nitrogen and oxygen atoms in total. The highest BCUT2D eigenvalue weighted by Gasteiger charge is 2.28. The summed E-state index contributed by atoms with van der Waals surface area (Å²) >= 11 is 1.26. The number of anilines is 2. The second kappa shape index (κ2) is 10.3. The Morgan fingerprint density at radius 2 is 2.06 bits per heavy atom. The van der Waals surface area contributed by atoms with E-state index in [9.17, 15) is 14.4 Å². The van der Waals surface area contributed by atoms with Gasteiger partial charge in [-0.25, -0.2) is 4.98 Å². The minimum absolute atomic E-state index is 0.0527. The first-order valence-corrected chi connectivity index (χ1v) is 12.5. The number of nitrogens with zero attached hydrogens (tertiary/aromatic N) is 4. The second-order valence-electron chi connectivity index (χ2n) is 8.83. The lowest BCUT2D eigenvalue weighted by atomic mass is 9.97. The lowest BCUT2D eigenvalue weighted by Crippen LogP contribution is -2.44. The number of rotatable bonds is 7. The molecule has 0 radical (unpaired) electrons. The summed E-state index contributed by atoms with van der Waals surface area (Å²) in [6.07, 6.45) is 3.88. The third-order valence-electron chi connectivity index (χ3n) is 5.85.